The lowest BCUT2D eigenvalue weighted by Gasteiger charge is -2.22. The third-order valence-electron chi connectivity index (χ3n) is 3.23. The summed E-state index contributed by atoms with van der Waals surface area (Å²) in [6, 6.07) is 2.59. The first-order valence-corrected chi connectivity index (χ1v) is 9.55. The van der Waals surface area contributed by atoms with Crippen LogP contribution in [-0.4, -0.2) is 36.2 Å². The Balaban J connectivity index is 1.81. The summed E-state index contributed by atoms with van der Waals surface area (Å²) in [7, 11) is -3.59. The van der Waals surface area contributed by atoms with Gasteiger partial charge >= 0.3 is 0 Å². The van der Waals surface area contributed by atoms with Gasteiger partial charge in [0.2, 0.25) is 5.91 Å². The van der Waals surface area contributed by atoms with E-state index in [1.54, 1.807) is 29.1 Å². The number of carbonyl (C=O) groups excluding carboxylic acids is 1. The zero-order valence-corrected chi connectivity index (χ0v) is 13.4. The van der Waals surface area contributed by atoms with Gasteiger partial charge in [-0.2, -0.15) is 4.31 Å². The van der Waals surface area contributed by atoms with Gasteiger partial charge in [-0.1, -0.05) is 6.07 Å². The summed E-state index contributed by atoms with van der Waals surface area (Å²) < 4.78 is 26.7. The minimum absolute atomic E-state index is 0.274. The number of nitrogens with zero attached hydrogens (tertiary/aromatic N) is 2. The molecule has 112 valence electrons. The number of hydrogen-bond donors (Lipinski definition) is 1. The van der Waals surface area contributed by atoms with E-state index in [0.29, 0.717) is 24.5 Å². The number of anilines is 1. The molecule has 1 N–H and O–H groups in total. The summed E-state index contributed by atoms with van der Waals surface area (Å²) in [5, 5.41) is 6.63. The molecule has 2 aromatic heterocycles. The van der Waals surface area contributed by atoms with E-state index in [9.17, 15) is 13.2 Å². The topological polar surface area (TPSA) is 79.4 Å². The molecule has 1 atom stereocenters. The van der Waals surface area contributed by atoms with Gasteiger partial charge in [-0.15, -0.1) is 22.7 Å². The second-order valence-corrected chi connectivity index (χ2v) is 8.49. The van der Waals surface area contributed by atoms with Gasteiger partial charge < -0.3 is 5.32 Å². The Bertz CT molecular complexity index is 710. The Morgan fingerprint density at radius 1 is 1.38 bits per heavy atom. The van der Waals surface area contributed by atoms with Gasteiger partial charge in [-0.3, -0.25) is 4.79 Å². The molecule has 0 aliphatic carbocycles. The van der Waals surface area contributed by atoms with E-state index in [0.717, 1.165) is 11.3 Å². The summed E-state index contributed by atoms with van der Waals surface area (Å²) in [5.41, 5.74) is 0. The molecule has 1 amide bonds. The van der Waals surface area contributed by atoms with E-state index in [1.165, 1.54) is 15.6 Å². The van der Waals surface area contributed by atoms with E-state index in [4.69, 9.17) is 0 Å². The molecular formula is C12H13N3O3S3. The molecule has 6 nitrogen and oxygen atoms in total. The molecule has 3 rings (SSSR count). The van der Waals surface area contributed by atoms with Crippen LogP contribution < -0.4 is 5.32 Å². The van der Waals surface area contributed by atoms with Crippen LogP contribution >= 0.6 is 22.7 Å². The summed E-state index contributed by atoms with van der Waals surface area (Å²) in [6.07, 6.45) is 2.80. The summed E-state index contributed by atoms with van der Waals surface area (Å²) in [5.74, 6) is -0.317. The largest absolute Gasteiger partial charge is 0.301 e. The highest BCUT2D eigenvalue weighted by Gasteiger charge is 2.40. The van der Waals surface area contributed by atoms with Crippen molar-refractivity contribution in [2.75, 3.05) is 11.9 Å². The lowest BCUT2D eigenvalue weighted by Crippen LogP contribution is -2.42. The van der Waals surface area contributed by atoms with Gasteiger partial charge in [0.15, 0.2) is 5.13 Å². The highest BCUT2D eigenvalue weighted by atomic mass is 32.2. The first-order chi connectivity index (χ1) is 10.1. The number of thiazole rings is 1. The van der Waals surface area contributed by atoms with Crippen LogP contribution in [-0.2, 0) is 14.8 Å². The number of thiophene rings is 1. The molecule has 1 aliphatic heterocycles. The molecule has 0 bridgehead atoms. The average Bonchev–Trinajstić information content (AvgIpc) is 3.20. The van der Waals surface area contributed by atoms with E-state index in [-0.39, 0.29) is 10.1 Å². The second-order valence-electron chi connectivity index (χ2n) is 4.53. The first kappa shape index (κ1) is 14.6. The van der Waals surface area contributed by atoms with Crippen LogP contribution in [0.25, 0.3) is 0 Å². The minimum atomic E-state index is -3.59. The van der Waals surface area contributed by atoms with Crippen molar-refractivity contribution in [2.24, 2.45) is 0 Å². The van der Waals surface area contributed by atoms with Crippen molar-refractivity contribution in [1.82, 2.24) is 9.29 Å². The molecule has 2 aromatic rings. The van der Waals surface area contributed by atoms with Crippen molar-refractivity contribution in [3.05, 3.63) is 29.1 Å². The molecule has 0 radical (unpaired) electrons. The van der Waals surface area contributed by atoms with E-state index in [1.807, 2.05) is 0 Å². The third kappa shape index (κ3) is 2.86. The van der Waals surface area contributed by atoms with Gasteiger partial charge in [-0.05, 0) is 24.3 Å². The Morgan fingerprint density at radius 3 is 2.90 bits per heavy atom. The lowest BCUT2D eigenvalue weighted by molar-refractivity contribution is -0.119. The summed E-state index contributed by atoms with van der Waals surface area (Å²) in [6.45, 7) is 0.371. The molecule has 0 aromatic carbocycles. The van der Waals surface area contributed by atoms with Crippen molar-refractivity contribution in [3.63, 3.8) is 0 Å². The number of aromatic nitrogens is 1. The van der Waals surface area contributed by atoms with E-state index < -0.39 is 16.1 Å². The SMILES string of the molecule is O=C(Nc1nccs1)[C@@H]1CCCN1S(=O)(=O)c1cccs1. The van der Waals surface area contributed by atoms with Gasteiger partial charge in [-0.25, -0.2) is 13.4 Å². The Labute approximate surface area is 130 Å². The Hall–Kier alpha value is -1.29. The molecule has 3 heterocycles. The van der Waals surface area contributed by atoms with Crippen molar-refractivity contribution in [3.8, 4) is 0 Å². The molecular weight excluding hydrogens is 330 g/mol. The minimum Gasteiger partial charge on any atom is -0.301 e. The summed E-state index contributed by atoms with van der Waals surface area (Å²) in [4.78, 5) is 16.3. The normalized spacial score (nSPS) is 19.7. The maximum absolute atomic E-state index is 12.6. The van der Waals surface area contributed by atoms with Crippen molar-refractivity contribution in [2.45, 2.75) is 23.1 Å². The molecule has 9 heteroatoms. The monoisotopic (exact) mass is 343 g/mol. The molecule has 0 spiro atoms. The van der Waals surface area contributed by atoms with Crippen molar-refractivity contribution in [1.29, 1.82) is 0 Å². The fourth-order valence-electron chi connectivity index (χ4n) is 2.29. The Kier molecular flexibility index (Phi) is 4.07. The van der Waals surface area contributed by atoms with Crippen LogP contribution in [0.2, 0.25) is 0 Å². The van der Waals surface area contributed by atoms with E-state index in [2.05, 4.69) is 10.3 Å². The van der Waals surface area contributed by atoms with Gasteiger partial charge in [0, 0.05) is 18.1 Å². The maximum Gasteiger partial charge on any atom is 0.253 e. The van der Waals surface area contributed by atoms with Crippen LogP contribution in [0.15, 0.2) is 33.3 Å². The predicted octanol–water partition coefficient (Wildman–Crippen LogP) is 2.00. The standard InChI is InChI=1S/C12H13N3O3S3/c16-11(14-12-13-5-8-20-12)9-3-1-6-15(9)21(17,18)10-4-2-7-19-10/h2,4-5,7-9H,1,3,6H2,(H,13,14,16)/t9-/m0/s1. The number of hydrogen-bond acceptors (Lipinski definition) is 6. The zero-order valence-electron chi connectivity index (χ0n) is 10.9. The van der Waals surface area contributed by atoms with Gasteiger partial charge in [0.25, 0.3) is 10.0 Å². The zero-order chi connectivity index (χ0) is 14.9. The van der Waals surface area contributed by atoms with Gasteiger partial charge in [0.05, 0.1) is 0 Å². The van der Waals surface area contributed by atoms with Gasteiger partial charge in [0.1, 0.15) is 10.3 Å². The fraction of sp³-hybridized carbons (Fsp3) is 0.333. The highest BCUT2D eigenvalue weighted by Crippen LogP contribution is 2.29. The van der Waals surface area contributed by atoms with Crippen molar-refractivity contribution >= 4 is 43.7 Å². The van der Waals surface area contributed by atoms with Crippen LogP contribution in [0, 0.1) is 0 Å². The number of nitrogens with one attached hydrogen (secondary N) is 1. The molecule has 1 fully saturated rings. The molecule has 1 aliphatic rings. The quantitative estimate of drug-likeness (QED) is 0.921. The third-order valence-corrected chi connectivity index (χ3v) is 7.20. The van der Waals surface area contributed by atoms with Crippen molar-refractivity contribution < 1.29 is 13.2 Å². The molecule has 21 heavy (non-hydrogen) atoms. The number of rotatable bonds is 4. The molecule has 1 saturated heterocycles. The van der Waals surface area contributed by atoms with E-state index >= 15 is 0 Å². The Morgan fingerprint density at radius 2 is 2.24 bits per heavy atom. The lowest BCUT2D eigenvalue weighted by atomic mass is 10.2. The molecule has 0 saturated carbocycles. The maximum atomic E-state index is 12.6. The average molecular weight is 343 g/mol. The number of amides is 1. The number of sulfonamides is 1. The first-order valence-electron chi connectivity index (χ1n) is 6.35. The number of carbonyl (C=O) groups is 1. The second kappa shape index (κ2) is 5.84. The smallest absolute Gasteiger partial charge is 0.253 e. The summed E-state index contributed by atoms with van der Waals surface area (Å²) >= 11 is 2.47. The van der Waals surface area contributed by atoms with Crippen LogP contribution in [0.3, 0.4) is 0 Å². The van der Waals surface area contributed by atoms with Crippen LogP contribution in [0.4, 0.5) is 5.13 Å². The predicted molar refractivity (Wildman–Crippen MR) is 82.0 cm³/mol. The van der Waals surface area contributed by atoms with Crippen LogP contribution in [0.5, 0.6) is 0 Å². The van der Waals surface area contributed by atoms with Crippen LogP contribution in [0.1, 0.15) is 12.8 Å². The molecule has 0 unspecified atom stereocenters. The fourth-order valence-corrected chi connectivity index (χ4v) is 5.60. The highest BCUT2D eigenvalue weighted by molar-refractivity contribution is 7.91.